The molecule has 0 saturated carbocycles. The smallest absolute Gasteiger partial charge is 0.307 e. The van der Waals surface area contributed by atoms with Crippen LogP contribution in [0.25, 0.3) is 0 Å². The average Bonchev–Trinajstić information content (AvgIpc) is 3.28. The van der Waals surface area contributed by atoms with E-state index in [-0.39, 0.29) is 38.0 Å². The molecule has 0 bridgehead atoms. The average molecular weight is 382 g/mol. The fourth-order valence-electron chi connectivity index (χ4n) is 3.31. The molecule has 1 atom stereocenters. The molecule has 2 aliphatic heterocycles. The topological polar surface area (TPSA) is 105 Å². The molecular weight excluding hydrogens is 364 g/mol. The van der Waals surface area contributed by atoms with Crippen LogP contribution < -0.4 is 19.7 Å². The van der Waals surface area contributed by atoms with Crippen LogP contribution >= 0.6 is 0 Å². The van der Waals surface area contributed by atoms with E-state index in [1.165, 1.54) is 0 Å². The number of ether oxygens (including phenoxy) is 2. The molecule has 2 amide bonds. The van der Waals surface area contributed by atoms with Crippen molar-refractivity contribution in [1.29, 1.82) is 0 Å². The summed E-state index contributed by atoms with van der Waals surface area (Å²) in [5.41, 5.74) is 1.88. The van der Waals surface area contributed by atoms with Crippen LogP contribution in [0.3, 0.4) is 0 Å². The monoisotopic (exact) mass is 382 g/mol. The first-order chi connectivity index (χ1) is 13.5. The van der Waals surface area contributed by atoms with E-state index in [1.807, 2.05) is 0 Å². The summed E-state index contributed by atoms with van der Waals surface area (Å²) in [5.74, 6) is -0.546. The third kappa shape index (κ3) is 3.62. The second-order valence-corrected chi connectivity index (χ2v) is 6.70. The van der Waals surface area contributed by atoms with Gasteiger partial charge in [-0.05, 0) is 29.8 Å². The molecule has 2 N–H and O–H groups in total. The Morgan fingerprint density at radius 1 is 1.11 bits per heavy atom. The molecule has 28 heavy (non-hydrogen) atoms. The van der Waals surface area contributed by atoms with Crippen molar-refractivity contribution in [3.63, 3.8) is 0 Å². The molecule has 2 aromatic carbocycles. The van der Waals surface area contributed by atoms with E-state index in [4.69, 9.17) is 14.6 Å². The number of amides is 2. The molecule has 2 aromatic rings. The lowest BCUT2D eigenvalue weighted by molar-refractivity contribution is -0.136. The van der Waals surface area contributed by atoms with Crippen LogP contribution in [0.15, 0.2) is 42.5 Å². The molecule has 144 valence electrons. The van der Waals surface area contributed by atoms with Gasteiger partial charge in [0.2, 0.25) is 18.6 Å². The Morgan fingerprint density at radius 3 is 2.61 bits per heavy atom. The number of nitrogens with one attached hydrogen (secondary N) is 1. The van der Waals surface area contributed by atoms with Gasteiger partial charge in [0.1, 0.15) is 0 Å². The van der Waals surface area contributed by atoms with Gasteiger partial charge >= 0.3 is 5.97 Å². The van der Waals surface area contributed by atoms with Crippen LogP contribution in [-0.2, 0) is 20.8 Å². The highest BCUT2D eigenvalue weighted by Gasteiger charge is 2.35. The van der Waals surface area contributed by atoms with Crippen LogP contribution in [0, 0.1) is 5.92 Å². The number of benzene rings is 2. The van der Waals surface area contributed by atoms with E-state index in [9.17, 15) is 14.4 Å². The number of carboxylic acid groups (broad SMARTS) is 1. The van der Waals surface area contributed by atoms with Crippen molar-refractivity contribution < 1.29 is 29.0 Å². The Morgan fingerprint density at radius 2 is 1.86 bits per heavy atom. The Hall–Kier alpha value is -3.55. The van der Waals surface area contributed by atoms with Crippen LogP contribution in [0.4, 0.5) is 11.4 Å². The molecule has 2 heterocycles. The maximum atomic E-state index is 12.6. The maximum absolute atomic E-state index is 12.6. The molecule has 0 spiro atoms. The van der Waals surface area contributed by atoms with Gasteiger partial charge < -0.3 is 24.8 Å². The third-order valence-corrected chi connectivity index (χ3v) is 4.74. The summed E-state index contributed by atoms with van der Waals surface area (Å²) in [6.45, 7) is 0.435. The zero-order valence-electron chi connectivity index (χ0n) is 14.9. The van der Waals surface area contributed by atoms with Gasteiger partial charge in [-0.2, -0.15) is 0 Å². The van der Waals surface area contributed by atoms with E-state index in [2.05, 4.69) is 5.32 Å². The van der Waals surface area contributed by atoms with Gasteiger partial charge in [-0.25, -0.2) is 0 Å². The van der Waals surface area contributed by atoms with Gasteiger partial charge in [-0.3, -0.25) is 14.4 Å². The van der Waals surface area contributed by atoms with Crippen LogP contribution in [-0.4, -0.2) is 36.2 Å². The minimum Gasteiger partial charge on any atom is -0.481 e. The lowest BCUT2D eigenvalue weighted by Crippen LogP contribution is -2.28. The largest absolute Gasteiger partial charge is 0.481 e. The van der Waals surface area contributed by atoms with Gasteiger partial charge in [-0.1, -0.05) is 12.1 Å². The van der Waals surface area contributed by atoms with Crippen molar-refractivity contribution in [2.24, 2.45) is 5.92 Å². The second-order valence-electron chi connectivity index (χ2n) is 6.70. The number of fused-ring (bicyclic) bond motifs is 1. The van der Waals surface area contributed by atoms with Gasteiger partial charge in [0, 0.05) is 30.4 Å². The molecule has 8 heteroatoms. The quantitative estimate of drug-likeness (QED) is 0.820. The van der Waals surface area contributed by atoms with E-state index in [0.29, 0.717) is 28.4 Å². The molecular formula is C20H18N2O6. The molecule has 0 aliphatic carbocycles. The SMILES string of the molecule is O=C(O)Cc1ccc(NC(=O)C2CC(=O)N(c3ccc4c(c3)OCO4)C2)cc1. The molecule has 8 nitrogen and oxygen atoms in total. The van der Waals surface area contributed by atoms with Gasteiger partial charge in [0.25, 0.3) is 0 Å². The standard InChI is InChI=1S/C20H18N2O6/c23-18-8-13(10-22(18)15-5-6-16-17(9-15)28-11-27-16)20(26)21-14-3-1-12(2-4-14)7-19(24)25/h1-6,9,13H,7-8,10-11H2,(H,21,26)(H,24,25). The van der Waals surface area contributed by atoms with Crippen LogP contribution in [0.2, 0.25) is 0 Å². The number of anilines is 2. The first-order valence-electron chi connectivity index (χ1n) is 8.81. The molecule has 4 rings (SSSR count). The molecule has 0 radical (unpaired) electrons. The first kappa shape index (κ1) is 17.8. The van der Waals surface area contributed by atoms with Gasteiger partial charge in [0.15, 0.2) is 11.5 Å². The minimum absolute atomic E-state index is 0.0736. The fraction of sp³-hybridized carbons (Fsp3) is 0.250. The van der Waals surface area contributed by atoms with Crippen molar-refractivity contribution in [3.05, 3.63) is 48.0 Å². The van der Waals surface area contributed by atoms with Gasteiger partial charge in [0.05, 0.1) is 12.3 Å². The van der Waals surface area contributed by atoms with Crippen molar-refractivity contribution in [1.82, 2.24) is 0 Å². The van der Waals surface area contributed by atoms with Gasteiger partial charge in [-0.15, -0.1) is 0 Å². The lowest BCUT2D eigenvalue weighted by Gasteiger charge is -2.17. The highest BCUT2D eigenvalue weighted by Crippen LogP contribution is 2.37. The normalized spacial score (nSPS) is 17.6. The minimum atomic E-state index is -0.912. The lowest BCUT2D eigenvalue weighted by atomic mass is 10.1. The Balaban J connectivity index is 1.40. The Bertz CT molecular complexity index is 940. The van der Waals surface area contributed by atoms with Crippen molar-refractivity contribution in [2.75, 3.05) is 23.6 Å². The highest BCUT2D eigenvalue weighted by molar-refractivity contribution is 6.03. The van der Waals surface area contributed by atoms with E-state index < -0.39 is 11.9 Å². The van der Waals surface area contributed by atoms with Crippen molar-refractivity contribution in [3.8, 4) is 11.5 Å². The predicted molar refractivity (Wildman–Crippen MR) is 99.4 cm³/mol. The van der Waals surface area contributed by atoms with Crippen molar-refractivity contribution >= 4 is 29.2 Å². The number of carbonyl (C=O) groups is 3. The molecule has 1 saturated heterocycles. The summed E-state index contributed by atoms with van der Waals surface area (Å²) in [6, 6.07) is 11.9. The molecule has 0 aromatic heterocycles. The van der Waals surface area contributed by atoms with Crippen molar-refractivity contribution in [2.45, 2.75) is 12.8 Å². The fourth-order valence-corrected chi connectivity index (χ4v) is 3.31. The number of carboxylic acids is 1. The van der Waals surface area contributed by atoms with Crippen LogP contribution in [0.5, 0.6) is 11.5 Å². The Kier molecular flexibility index (Phi) is 4.60. The zero-order valence-corrected chi connectivity index (χ0v) is 14.9. The number of hydrogen-bond acceptors (Lipinski definition) is 5. The summed E-state index contributed by atoms with van der Waals surface area (Å²) >= 11 is 0. The Labute approximate surface area is 160 Å². The first-order valence-corrected chi connectivity index (χ1v) is 8.81. The number of aliphatic carboxylic acids is 1. The summed E-state index contributed by atoms with van der Waals surface area (Å²) in [4.78, 5) is 37.3. The second kappa shape index (κ2) is 7.22. The van der Waals surface area contributed by atoms with E-state index >= 15 is 0 Å². The van der Waals surface area contributed by atoms with Crippen LogP contribution in [0.1, 0.15) is 12.0 Å². The summed E-state index contributed by atoms with van der Waals surface area (Å²) < 4.78 is 10.6. The van der Waals surface area contributed by atoms with E-state index in [0.717, 1.165) is 0 Å². The molecule has 2 aliphatic rings. The highest BCUT2D eigenvalue weighted by atomic mass is 16.7. The number of rotatable bonds is 5. The maximum Gasteiger partial charge on any atom is 0.307 e. The third-order valence-electron chi connectivity index (χ3n) is 4.74. The number of nitrogens with zero attached hydrogens (tertiary/aromatic N) is 1. The predicted octanol–water partition coefficient (Wildman–Crippen LogP) is 2.03. The summed E-state index contributed by atoms with van der Waals surface area (Å²) in [7, 11) is 0. The number of hydrogen-bond donors (Lipinski definition) is 2. The number of carbonyl (C=O) groups excluding carboxylic acids is 2. The zero-order chi connectivity index (χ0) is 19.7. The van der Waals surface area contributed by atoms with E-state index in [1.54, 1.807) is 47.4 Å². The summed E-state index contributed by atoms with van der Waals surface area (Å²) in [6.07, 6.45) is 0.0488. The summed E-state index contributed by atoms with van der Waals surface area (Å²) in [5, 5.41) is 11.6. The molecule has 1 unspecified atom stereocenters. The molecule has 1 fully saturated rings.